The second-order valence-corrected chi connectivity index (χ2v) is 6.75. The van der Waals surface area contributed by atoms with Crippen molar-refractivity contribution in [2.75, 3.05) is 19.7 Å². The van der Waals surface area contributed by atoms with Crippen molar-refractivity contribution < 1.29 is 18.3 Å². The standard InChI is InChI=1S/C14H20N2O4S/c1-2-15-21(19,20)13-7-3-11(4-8-13)14(18)16(9-10-17)12-5-6-12/h3-4,7-8,12,15,17H,2,5-6,9-10H2,1H3. The molecular weight excluding hydrogens is 292 g/mol. The lowest BCUT2D eigenvalue weighted by Crippen LogP contribution is -2.35. The predicted octanol–water partition coefficient (Wildman–Crippen LogP) is 0.582. The molecule has 0 spiro atoms. The molecule has 0 saturated heterocycles. The molecule has 2 N–H and O–H groups in total. The smallest absolute Gasteiger partial charge is 0.254 e. The Bertz CT molecular complexity index is 594. The largest absolute Gasteiger partial charge is 0.395 e. The molecular formula is C14H20N2O4S. The minimum Gasteiger partial charge on any atom is -0.395 e. The first-order valence-corrected chi connectivity index (χ1v) is 8.49. The molecule has 7 heteroatoms. The van der Waals surface area contributed by atoms with Gasteiger partial charge < -0.3 is 10.0 Å². The number of carbonyl (C=O) groups is 1. The Hall–Kier alpha value is -1.44. The van der Waals surface area contributed by atoms with Crippen LogP contribution in [0.25, 0.3) is 0 Å². The molecule has 0 atom stereocenters. The summed E-state index contributed by atoms with van der Waals surface area (Å²) >= 11 is 0. The van der Waals surface area contributed by atoms with Crippen molar-refractivity contribution in [2.45, 2.75) is 30.7 Å². The molecule has 1 aliphatic rings. The van der Waals surface area contributed by atoms with Gasteiger partial charge in [0.05, 0.1) is 11.5 Å². The molecule has 1 fully saturated rings. The Kier molecular flexibility index (Phi) is 4.97. The number of amides is 1. The van der Waals surface area contributed by atoms with Crippen LogP contribution in [-0.4, -0.2) is 50.1 Å². The highest BCUT2D eigenvalue weighted by Gasteiger charge is 2.32. The van der Waals surface area contributed by atoms with Gasteiger partial charge in [0.15, 0.2) is 0 Å². The third-order valence-corrected chi connectivity index (χ3v) is 4.90. The number of sulfonamides is 1. The topological polar surface area (TPSA) is 86.7 Å². The number of rotatable bonds is 7. The molecule has 1 aliphatic carbocycles. The average Bonchev–Trinajstić information content (AvgIpc) is 3.29. The fraction of sp³-hybridized carbons (Fsp3) is 0.500. The van der Waals surface area contributed by atoms with Gasteiger partial charge in [-0.05, 0) is 37.1 Å². The summed E-state index contributed by atoms with van der Waals surface area (Å²) in [5, 5.41) is 9.04. The maximum absolute atomic E-state index is 12.4. The zero-order valence-corrected chi connectivity index (χ0v) is 12.8. The molecule has 1 saturated carbocycles. The Balaban J connectivity index is 2.16. The zero-order valence-electron chi connectivity index (χ0n) is 11.9. The van der Waals surface area contributed by atoms with Crippen molar-refractivity contribution >= 4 is 15.9 Å². The van der Waals surface area contributed by atoms with E-state index in [0.717, 1.165) is 12.8 Å². The highest BCUT2D eigenvalue weighted by atomic mass is 32.2. The van der Waals surface area contributed by atoms with Gasteiger partial charge in [-0.25, -0.2) is 13.1 Å². The van der Waals surface area contributed by atoms with E-state index in [1.807, 2.05) is 0 Å². The summed E-state index contributed by atoms with van der Waals surface area (Å²) in [7, 11) is -3.50. The molecule has 0 unspecified atom stereocenters. The van der Waals surface area contributed by atoms with Gasteiger partial charge in [-0.2, -0.15) is 0 Å². The molecule has 0 heterocycles. The van der Waals surface area contributed by atoms with E-state index in [9.17, 15) is 13.2 Å². The number of hydrogen-bond donors (Lipinski definition) is 2. The molecule has 2 rings (SSSR count). The third kappa shape index (κ3) is 3.81. The van der Waals surface area contributed by atoms with Crippen LogP contribution in [0.3, 0.4) is 0 Å². The van der Waals surface area contributed by atoms with E-state index in [1.54, 1.807) is 11.8 Å². The summed E-state index contributed by atoms with van der Waals surface area (Å²) in [6.45, 7) is 2.25. The third-order valence-electron chi connectivity index (χ3n) is 3.34. The predicted molar refractivity (Wildman–Crippen MR) is 78.4 cm³/mol. The van der Waals surface area contributed by atoms with Gasteiger partial charge in [-0.1, -0.05) is 6.92 Å². The van der Waals surface area contributed by atoms with Crippen LogP contribution >= 0.6 is 0 Å². The van der Waals surface area contributed by atoms with Crippen molar-refractivity contribution in [3.05, 3.63) is 29.8 Å². The first-order valence-electron chi connectivity index (χ1n) is 7.01. The second kappa shape index (κ2) is 6.55. The summed E-state index contributed by atoms with van der Waals surface area (Å²) in [6, 6.07) is 6.08. The molecule has 6 nitrogen and oxygen atoms in total. The van der Waals surface area contributed by atoms with Crippen LogP contribution in [0.2, 0.25) is 0 Å². The number of nitrogens with zero attached hydrogens (tertiary/aromatic N) is 1. The Morgan fingerprint density at radius 1 is 1.33 bits per heavy atom. The first-order chi connectivity index (χ1) is 9.99. The Morgan fingerprint density at radius 2 is 1.95 bits per heavy atom. The normalized spacial score (nSPS) is 15.0. The molecule has 0 bridgehead atoms. The fourth-order valence-electron chi connectivity index (χ4n) is 2.16. The van der Waals surface area contributed by atoms with Gasteiger partial charge >= 0.3 is 0 Å². The molecule has 1 aromatic rings. The SMILES string of the molecule is CCNS(=O)(=O)c1ccc(C(=O)N(CCO)C2CC2)cc1. The van der Waals surface area contributed by atoms with Crippen LogP contribution in [-0.2, 0) is 10.0 Å². The molecule has 1 aromatic carbocycles. The van der Waals surface area contributed by atoms with Crippen LogP contribution in [0.5, 0.6) is 0 Å². The average molecular weight is 312 g/mol. The molecule has 1 amide bonds. The lowest BCUT2D eigenvalue weighted by Gasteiger charge is -2.21. The number of nitrogens with one attached hydrogen (secondary N) is 1. The van der Waals surface area contributed by atoms with E-state index >= 15 is 0 Å². The van der Waals surface area contributed by atoms with E-state index in [0.29, 0.717) is 18.7 Å². The lowest BCUT2D eigenvalue weighted by molar-refractivity contribution is 0.0707. The van der Waals surface area contributed by atoms with Crippen LogP contribution in [0.15, 0.2) is 29.2 Å². The maximum Gasteiger partial charge on any atom is 0.254 e. The molecule has 0 aromatic heterocycles. The van der Waals surface area contributed by atoms with Gasteiger partial charge in [0.25, 0.3) is 5.91 Å². The van der Waals surface area contributed by atoms with Crippen LogP contribution < -0.4 is 4.72 Å². The summed E-state index contributed by atoms with van der Waals surface area (Å²) in [6.07, 6.45) is 1.91. The Labute approximate surface area is 124 Å². The lowest BCUT2D eigenvalue weighted by atomic mass is 10.2. The second-order valence-electron chi connectivity index (χ2n) is 4.98. The van der Waals surface area contributed by atoms with Gasteiger partial charge in [0.2, 0.25) is 10.0 Å². The van der Waals surface area contributed by atoms with Crippen molar-refractivity contribution in [2.24, 2.45) is 0 Å². The van der Waals surface area contributed by atoms with Gasteiger partial charge in [-0.3, -0.25) is 4.79 Å². The summed E-state index contributed by atoms with van der Waals surface area (Å²) in [5.41, 5.74) is 0.436. The van der Waals surface area contributed by atoms with E-state index < -0.39 is 10.0 Å². The molecule has 116 valence electrons. The summed E-state index contributed by atoms with van der Waals surface area (Å²) in [5.74, 6) is -0.168. The molecule has 21 heavy (non-hydrogen) atoms. The zero-order chi connectivity index (χ0) is 15.5. The summed E-state index contributed by atoms with van der Waals surface area (Å²) in [4.78, 5) is 14.1. The van der Waals surface area contributed by atoms with Crippen molar-refractivity contribution in [3.63, 3.8) is 0 Å². The first kappa shape index (κ1) is 15.9. The highest BCUT2D eigenvalue weighted by Crippen LogP contribution is 2.28. The Morgan fingerprint density at radius 3 is 2.43 bits per heavy atom. The maximum atomic E-state index is 12.4. The van der Waals surface area contributed by atoms with Crippen LogP contribution in [0.1, 0.15) is 30.1 Å². The van der Waals surface area contributed by atoms with Crippen LogP contribution in [0.4, 0.5) is 0 Å². The number of hydrogen-bond acceptors (Lipinski definition) is 4. The van der Waals surface area contributed by atoms with Gasteiger partial charge in [-0.15, -0.1) is 0 Å². The number of aliphatic hydroxyl groups excluding tert-OH is 1. The van der Waals surface area contributed by atoms with E-state index in [-0.39, 0.29) is 23.5 Å². The van der Waals surface area contributed by atoms with Crippen LogP contribution in [0, 0.1) is 0 Å². The highest BCUT2D eigenvalue weighted by molar-refractivity contribution is 7.89. The van der Waals surface area contributed by atoms with Gasteiger partial charge in [0.1, 0.15) is 0 Å². The minimum atomic E-state index is -3.50. The molecule has 0 aliphatic heterocycles. The monoisotopic (exact) mass is 312 g/mol. The number of aliphatic hydroxyl groups is 1. The molecule has 0 radical (unpaired) electrons. The van der Waals surface area contributed by atoms with Crippen molar-refractivity contribution in [1.82, 2.24) is 9.62 Å². The minimum absolute atomic E-state index is 0.0743. The van der Waals surface area contributed by atoms with E-state index in [1.165, 1.54) is 24.3 Å². The van der Waals surface area contributed by atoms with Crippen molar-refractivity contribution in [3.8, 4) is 0 Å². The van der Waals surface area contributed by atoms with Gasteiger partial charge in [0, 0.05) is 24.7 Å². The summed E-state index contributed by atoms with van der Waals surface area (Å²) < 4.78 is 26.1. The quantitative estimate of drug-likeness (QED) is 0.771. The number of benzene rings is 1. The van der Waals surface area contributed by atoms with Crippen molar-refractivity contribution in [1.29, 1.82) is 0 Å². The van der Waals surface area contributed by atoms with E-state index in [4.69, 9.17) is 5.11 Å². The number of carbonyl (C=O) groups excluding carboxylic acids is 1. The fourth-order valence-corrected chi connectivity index (χ4v) is 3.20. The van der Waals surface area contributed by atoms with E-state index in [2.05, 4.69) is 4.72 Å².